The molecule has 190 valence electrons. The lowest BCUT2D eigenvalue weighted by Gasteiger charge is -2.38. The van der Waals surface area contributed by atoms with Crippen LogP contribution in [0, 0.1) is 11.3 Å². The van der Waals surface area contributed by atoms with Crippen LogP contribution >= 0.6 is 0 Å². The first-order valence-corrected chi connectivity index (χ1v) is 11.8. The molecule has 2 atom stereocenters. The van der Waals surface area contributed by atoms with Crippen LogP contribution in [0.4, 0.5) is 0 Å². The second-order valence-corrected chi connectivity index (χ2v) is 9.86. The fourth-order valence-electron chi connectivity index (χ4n) is 4.19. The second kappa shape index (κ2) is 12.1. The lowest BCUT2D eigenvalue weighted by atomic mass is 9.84. The van der Waals surface area contributed by atoms with Crippen molar-refractivity contribution >= 4 is 18.2 Å². The highest BCUT2D eigenvalue weighted by Gasteiger charge is 2.38. The lowest BCUT2D eigenvalue weighted by Crippen LogP contribution is -2.57. The number of benzene rings is 1. The minimum Gasteiger partial charge on any atom is -0.493 e. The summed E-state index contributed by atoms with van der Waals surface area (Å²) in [4.78, 5) is 39.4. The van der Waals surface area contributed by atoms with Gasteiger partial charge in [0.05, 0.1) is 26.7 Å². The molecule has 0 saturated heterocycles. The molecule has 0 radical (unpaired) electrons. The normalized spacial score (nSPS) is 15.1. The van der Waals surface area contributed by atoms with Crippen molar-refractivity contribution in [1.82, 2.24) is 15.3 Å². The molecule has 2 rings (SSSR count). The number of unbranched alkanes of at least 4 members (excludes halogenated alkanes) is 1. The minimum absolute atomic E-state index is 0.112. The van der Waals surface area contributed by atoms with Crippen LogP contribution in [0.3, 0.4) is 0 Å². The first-order chi connectivity index (χ1) is 16.0. The van der Waals surface area contributed by atoms with Crippen LogP contribution in [-0.4, -0.2) is 66.7 Å². The summed E-state index contributed by atoms with van der Waals surface area (Å²) < 4.78 is 10.8. The molecular weight excluding hydrogens is 438 g/mol. The average Bonchev–Trinajstić information content (AvgIpc) is 2.82. The molecule has 0 aromatic heterocycles. The standard InChI is InChI=1S/C25H39N3O6/c1-7-8-9-18(15-28(32)16-29)23(30)26-22(25(2,3)4)24(31)27-11-10-17-12-20(33-5)21(34-6)13-19(17)14-27/h12-13,16,18,22,32H,7-11,14-15H2,1-6H3,(H,26,30)/t18-,22-/m1/s1. The lowest BCUT2D eigenvalue weighted by molar-refractivity contribution is -0.155. The molecule has 1 aromatic carbocycles. The Balaban J connectivity index is 2.22. The summed E-state index contributed by atoms with van der Waals surface area (Å²) in [5.41, 5.74) is 1.55. The van der Waals surface area contributed by atoms with Crippen LogP contribution in [0.15, 0.2) is 12.1 Å². The van der Waals surface area contributed by atoms with Crippen LogP contribution < -0.4 is 14.8 Å². The zero-order chi connectivity index (χ0) is 25.5. The smallest absolute Gasteiger partial charge is 0.246 e. The van der Waals surface area contributed by atoms with E-state index in [4.69, 9.17) is 9.47 Å². The van der Waals surface area contributed by atoms with Gasteiger partial charge < -0.3 is 19.7 Å². The number of hydroxylamine groups is 2. The molecule has 9 nitrogen and oxygen atoms in total. The highest BCUT2D eigenvalue weighted by atomic mass is 16.5. The van der Waals surface area contributed by atoms with Gasteiger partial charge in [0.2, 0.25) is 18.2 Å². The van der Waals surface area contributed by atoms with E-state index in [0.717, 1.165) is 24.0 Å². The van der Waals surface area contributed by atoms with Gasteiger partial charge in [0.1, 0.15) is 6.04 Å². The maximum Gasteiger partial charge on any atom is 0.246 e. The van der Waals surface area contributed by atoms with Gasteiger partial charge in [-0.1, -0.05) is 40.5 Å². The summed E-state index contributed by atoms with van der Waals surface area (Å²) in [6, 6.07) is 3.09. The van der Waals surface area contributed by atoms with E-state index in [0.29, 0.717) is 42.5 Å². The Morgan fingerprint density at radius 1 is 1.21 bits per heavy atom. The molecule has 1 heterocycles. The zero-order valence-corrected chi connectivity index (χ0v) is 21.2. The van der Waals surface area contributed by atoms with E-state index >= 15 is 0 Å². The van der Waals surface area contributed by atoms with Gasteiger partial charge in [-0.3, -0.25) is 19.6 Å². The van der Waals surface area contributed by atoms with Crippen molar-refractivity contribution in [3.8, 4) is 11.5 Å². The van der Waals surface area contributed by atoms with Gasteiger partial charge in [-0.25, -0.2) is 5.06 Å². The quantitative estimate of drug-likeness (QED) is 0.288. The number of hydrogen-bond donors (Lipinski definition) is 2. The number of hydrogen-bond acceptors (Lipinski definition) is 6. The van der Waals surface area contributed by atoms with Crippen LogP contribution in [0.25, 0.3) is 0 Å². The zero-order valence-electron chi connectivity index (χ0n) is 21.2. The number of nitrogens with one attached hydrogen (secondary N) is 1. The van der Waals surface area contributed by atoms with Crippen molar-refractivity contribution in [3.63, 3.8) is 0 Å². The molecule has 0 spiro atoms. The molecule has 34 heavy (non-hydrogen) atoms. The van der Waals surface area contributed by atoms with Gasteiger partial charge in [-0.05, 0) is 41.5 Å². The first kappa shape index (κ1) is 27.4. The van der Waals surface area contributed by atoms with Crippen molar-refractivity contribution < 1.29 is 29.1 Å². The van der Waals surface area contributed by atoms with Gasteiger partial charge in [-0.2, -0.15) is 0 Å². The average molecular weight is 478 g/mol. The number of nitrogens with zero attached hydrogens (tertiary/aromatic N) is 2. The predicted octanol–water partition coefficient (Wildman–Crippen LogP) is 2.77. The molecular formula is C25H39N3O6. The summed E-state index contributed by atoms with van der Waals surface area (Å²) in [7, 11) is 3.17. The first-order valence-electron chi connectivity index (χ1n) is 11.8. The number of fused-ring (bicyclic) bond motifs is 1. The minimum atomic E-state index is -0.755. The number of amides is 3. The monoisotopic (exact) mass is 477 g/mol. The summed E-state index contributed by atoms with van der Waals surface area (Å²) in [6.07, 6.45) is 3.11. The Labute approximate surface area is 202 Å². The Bertz CT molecular complexity index is 867. The predicted molar refractivity (Wildman–Crippen MR) is 128 cm³/mol. The highest BCUT2D eigenvalue weighted by Crippen LogP contribution is 2.34. The van der Waals surface area contributed by atoms with Crippen molar-refractivity contribution in [2.75, 3.05) is 27.3 Å². The SMILES string of the molecule is CCCC[C@H](CN(O)C=O)C(=O)N[C@H](C(=O)N1CCc2cc(OC)c(OC)cc2C1)C(C)(C)C. The molecule has 0 aliphatic carbocycles. The molecule has 1 aliphatic heterocycles. The molecule has 1 aromatic rings. The van der Waals surface area contributed by atoms with Gasteiger partial charge >= 0.3 is 0 Å². The molecule has 1 aliphatic rings. The summed E-state index contributed by atoms with van der Waals surface area (Å²) in [6.45, 7) is 8.56. The molecule has 2 N–H and O–H groups in total. The highest BCUT2D eigenvalue weighted by molar-refractivity contribution is 5.89. The third-order valence-electron chi connectivity index (χ3n) is 6.24. The molecule has 0 fully saturated rings. The third-order valence-corrected chi connectivity index (χ3v) is 6.24. The van der Waals surface area contributed by atoms with Gasteiger partial charge in [-0.15, -0.1) is 0 Å². The Kier molecular flexibility index (Phi) is 9.73. The van der Waals surface area contributed by atoms with Crippen molar-refractivity contribution in [1.29, 1.82) is 0 Å². The Morgan fingerprint density at radius 3 is 2.35 bits per heavy atom. The van der Waals surface area contributed by atoms with Gasteiger partial charge in [0.25, 0.3) is 0 Å². The van der Waals surface area contributed by atoms with E-state index in [-0.39, 0.29) is 24.8 Å². The van der Waals surface area contributed by atoms with Crippen LogP contribution in [-0.2, 0) is 27.3 Å². The largest absolute Gasteiger partial charge is 0.493 e. The number of methoxy groups -OCH3 is 2. The number of carbonyl (C=O) groups is 3. The van der Waals surface area contributed by atoms with Crippen molar-refractivity contribution in [2.45, 2.75) is 66.0 Å². The van der Waals surface area contributed by atoms with Crippen molar-refractivity contribution in [2.24, 2.45) is 11.3 Å². The fraction of sp³-hybridized carbons (Fsp3) is 0.640. The van der Waals surface area contributed by atoms with Crippen LogP contribution in [0.2, 0.25) is 0 Å². The van der Waals surface area contributed by atoms with E-state index in [1.807, 2.05) is 39.8 Å². The third kappa shape index (κ3) is 6.85. The van der Waals surface area contributed by atoms with Crippen molar-refractivity contribution in [3.05, 3.63) is 23.3 Å². The van der Waals surface area contributed by atoms with E-state index in [1.165, 1.54) is 0 Å². The fourth-order valence-corrected chi connectivity index (χ4v) is 4.19. The number of rotatable bonds is 11. The van der Waals surface area contributed by atoms with E-state index in [9.17, 15) is 19.6 Å². The van der Waals surface area contributed by atoms with Gasteiger partial charge in [0.15, 0.2) is 11.5 Å². The topological polar surface area (TPSA) is 108 Å². The summed E-state index contributed by atoms with van der Waals surface area (Å²) >= 11 is 0. The maximum atomic E-state index is 13.6. The molecule has 9 heteroatoms. The molecule has 0 unspecified atom stereocenters. The van der Waals surface area contributed by atoms with E-state index in [1.54, 1.807) is 19.1 Å². The molecule has 3 amide bonds. The summed E-state index contributed by atoms with van der Waals surface area (Å²) in [5, 5.41) is 13.1. The van der Waals surface area contributed by atoms with Crippen LogP contribution in [0.1, 0.15) is 58.1 Å². The maximum absolute atomic E-state index is 13.6. The van der Waals surface area contributed by atoms with E-state index < -0.39 is 17.4 Å². The Morgan fingerprint density at radius 2 is 1.82 bits per heavy atom. The second-order valence-electron chi connectivity index (χ2n) is 9.86. The number of carbonyl (C=O) groups excluding carboxylic acids is 3. The summed E-state index contributed by atoms with van der Waals surface area (Å²) in [5.74, 6) is 0.163. The Hall–Kier alpha value is -2.81. The number of ether oxygens (including phenoxy) is 2. The molecule has 0 saturated carbocycles. The van der Waals surface area contributed by atoms with Gasteiger partial charge in [0, 0.05) is 13.1 Å². The molecule has 0 bridgehead atoms. The van der Waals surface area contributed by atoms with E-state index in [2.05, 4.69) is 5.32 Å². The van der Waals surface area contributed by atoms with Crippen LogP contribution in [0.5, 0.6) is 11.5 Å².